The molecule has 4 nitrogen and oxygen atoms in total. The molecule has 2 saturated heterocycles. The molecule has 2 fully saturated rings. The molecule has 2 aliphatic heterocycles. The predicted molar refractivity (Wildman–Crippen MR) is 62.3 cm³/mol. The van der Waals surface area contributed by atoms with Crippen LogP contribution in [0.1, 0.15) is 40.5 Å². The number of hydrogen-bond acceptors (Lipinski definition) is 3. The highest BCUT2D eigenvalue weighted by Gasteiger charge is 2.41. The van der Waals surface area contributed by atoms with E-state index < -0.39 is 5.60 Å². The van der Waals surface area contributed by atoms with Gasteiger partial charge in [-0.1, -0.05) is 0 Å². The van der Waals surface area contributed by atoms with Gasteiger partial charge in [0.2, 0.25) is 0 Å². The zero-order valence-corrected chi connectivity index (χ0v) is 10.6. The van der Waals surface area contributed by atoms with Crippen molar-refractivity contribution in [3.05, 3.63) is 0 Å². The number of hydrogen-bond donors (Lipinski definition) is 1. The Morgan fingerprint density at radius 1 is 1.38 bits per heavy atom. The maximum absolute atomic E-state index is 12.0. The lowest BCUT2D eigenvalue weighted by atomic mass is 10.1. The summed E-state index contributed by atoms with van der Waals surface area (Å²) in [4.78, 5) is 13.9. The quantitative estimate of drug-likeness (QED) is 0.684. The first-order chi connectivity index (χ1) is 7.37. The number of nitrogens with zero attached hydrogens (tertiary/aromatic N) is 1. The van der Waals surface area contributed by atoms with Crippen LogP contribution in [-0.2, 0) is 4.74 Å². The SMILES string of the molecule is CC1[C@@H]2CC[C@H](CN1C(=O)OC(C)(C)C)N2. The van der Waals surface area contributed by atoms with Gasteiger partial charge in [0.15, 0.2) is 0 Å². The van der Waals surface area contributed by atoms with Crippen molar-refractivity contribution in [1.29, 1.82) is 0 Å². The third-order valence-corrected chi connectivity index (χ3v) is 3.39. The molecule has 16 heavy (non-hydrogen) atoms. The molecule has 4 heteroatoms. The van der Waals surface area contributed by atoms with Gasteiger partial charge in [0.1, 0.15) is 5.60 Å². The second-order valence-electron chi connectivity index (χ2n) is 5.92. The van der Waals surface area contributed by atoms with Gasteiger partial charge in [0.05, 0.1) is 0 Å². The fraction of sp³-hybridized carbons (Fsp3) is 0.917. The Balaban J connectivity index is 2.01. The van der Waals surface area contributed by atoms with Crippen molar-refractivity contribution in [2.75, 3.05) is 6.54 Å². The highest BCUT2D eigenvalue weighted by atomic mass is 16.6. The fourth-order valence-corrected chi connectivity index (χ4v) is 2.56. The van der Waals surface area contributed by atoms with E-state index in [-0.39, 0.29) is 12.1 Å². The number of rotatable bonds is 0. The molecule has 0 saturated carbocycles. The minimum absolute atomic E-state index is 0.168. The zero-order valence-electron chi connectivity index (χ0n) is 10.6. The van der Waals surface area contributed by atoms with E-state index >= 15 is 0 Å². The molecular formula is C12H22N2O2. The monoisotopic (exact) mass is 226 g/mol. The lowest BCUT2D eigenvalue weighted by molar-refractivity contribution is 0.00796. The first-order valence-corrected chi connectivity index (χ1v) is 6.12. The Bertz CT molecular complexity index is 285. The maximum atomic E-state index is 12.0. The van der Waals surface area contributed by atoms with Gasteiger partial charge in [-0.2, -0.15) is 0 Å². The van der Waals surface area contributed by atoms with E-state index in [9.17, 15) is 4.79 Å². The van der Waals surface area contributed by atoms with Crippen LogP contribution in [0.2, 0.25) is 0 Å². The van der Waals surface area contributed by atoms with Gasteiger partial charge in [0.25, 0.3) is 0 Å². The smallest absolute Gasteiger partial charge is 0.410 e. The topological polar surface area (TPSA) is 41.6 Å². The van der Waals surface area contributed by atoms with E-state index in [1.807, 2.05) is 25.7 Å². The zero-order chi connectivity index (χ0) is 11.9. The summed E-state index contributed by atoms with van der Waals surface area (Å²) in [6.45, 7) is 8.61. The summed E-state index contributed by atoms with van der Waals surface area (Å²) in [5.74, 6) is 0. The molecule has 0 aromatic carbocycles. The largest absolute Gasteiger partial charge is 0.444 e. The van der Waals surface area contributed by atoms with Gasteiger partial charge in [-0.25, -0.2) is 4.79 Å². The number of ether oxygens (including phenoxy) is 1. The van der Waals surface area contributed by atoms with Crippen LogP contribution in [0, 0.1) is 0 Å². The second kappa shape index (κ2) is 3.91. The number of carbonyl (C=O) groups excluding carboxylic acids is 1. The minimum Gasteiger partial charge on any atom is -0.444 e. The van der Waals surface area contributed by atoms with Crippen molar-refractivity contribution < 1.29 is 9.53 Å². The van der Waals surface area contributed by atoms with Crippen LogP contribution in [0.25, 0.3) is 0 Å². The summed E-state index contributed by atoms with van der Waals surface area (Å²) in [5, 5.41) is 3.54. The van der Waals surface area contributed by atoms with Gasteiger partial charge < -0.3 is 15.0 Å². The van der Waals surface area contributed by atoms with Crippen molar-refractivity contribution in [3.63, 3.8) is 0 Å². The van der Waals surface area contributed by atoms with Crippen LogP contribution >= 0.6 is 0 Å². The van der Waals surface area contributed by atoms with E-state index in [4.69, 9.17) is 4.74 Å². The summed E-state index contributed by atoms with van der Waals surface area (Å²) in [5.41, 5.74) is -0.402. The molecule has 1 N–H and O–H groups in total. The number of piperazine rings is 1. The van der Waals surface area contributed by atoms with E-state index in [2.05, 4.69) is 12.2 Å². The molecule has 2 aliphatic rings. The second-order valence-corrected chi connectivity index (χ2v) is 5.92. The van der Waals surface area contributed by atoms with E-state index in [1.165, 1.54) is 12.8 Å². The molecule has 92 valence electrons. The number of nitrogens with one attached hydrogen (secondary N) is 1. The molecule has 1 unspecified atom stereocenters. The third kappa shape index (κ3) is 2.32. The summed E-state index contributed by atoms with van der Waals surface area (Å²) in [6.07, 6.45) is 2.18. The summed E-state index contributed by atoms with van der Waals surface area (Å²) in [7, 11) is 0. The lowest BCUT2D eigenvalue weighted by Gasteiger charge is -2.39. The molecule has 0 aromatic heterocycles. The van der Waals surface area contributed by atoms with Gasteiger partial charge in [-0.05, 0) is 40.5 Å². The first-order valence-electron chi connectivity index (χ1n) is 6.12. The van der Waals surface area contributed by atoms with E-state index in [0.717, 1.165) is 6.54 Å². The molecular weight excluding hydrogens is 204 g/mol. The van der Waals surface area contributed by atoms with Crippen molar-refractivity contribution in [3.8, 4) is 0 Å². The maximum Gasteiger partial charge on any atom is 0.410 e. The van der Waals surface area contributed by atoms with Crippen LogP contribution in [0.5, 0.6) is 0 Å². The Labute approximate surface area is 97.3 Å². The summed E-state index contributed by atoms with van der Waals surface area (Å²) in [6, 6.07) is 1.16. The van der Waals surface area contributed by atoms with Gasteiger partial charge >= 0.3 is 6.09 Å². The van der Waals surface area contributed by atoms with Gasteiger partial charge in [-0.15, -0.1) is 0 Å². The lowest BCUT2D eigenvalue weighted by Crippen LogP contribution is -2.59. The molecule has 0 spiro atoms. The van der Waals surface area contributed by atoms with Gasteiger partial charge in [-0.3, -0.25) is 0 Å². The molecule has 0 aliphatic carbocycles. The third-order valence-electron chi connectivity index (χ3n) is 3.39. The molecule has 2 heterocycles. The normalized spacial score (nSPS) is 34.0. The Hall–Kier alpha value is -0.770. The molecule has 2 rings (SSSR count). The highest BCUT2D eigenvalue weighted by Crippen LogP contribution is 2.26. The molecule has 0 aromatic rings. The number of amides is 1. The van der Waals surface area contributed by atoms with Crippen molar-refractivity contribution in [2.24, 2.45) is 0 Å². The van der Waals surface area contributed by atoms with Crippen molar-refractivity contribution >= 4 is 6.09 Å². The Morgan fingerprint density at radius 3 is 2.69 bits per heavy atom. The van der Waals surface area contributed by atoms with E-state index in [1.54, 1.807) is 0 Å². The van der Waals surface area contributed by atoms with Crippen LogP contribution in [-0.4, -0.2) is 41.3 Å². The van der Waals surface area contributed by atoms with Crippen molar-refractivity contribution in [2.45, 2.75) is 64.3 Å². The number of likely N-dealkylation sites (tertiary alicyclic amines) is 1. The van der Waals surface area contributed by atoms with Crippen LogP contribution in [0.15, 0.2) is 0 Å². The average molecular weight is 226 g/mol. The van der Waals surface area contributed by atoms with Crippen LogP contribution in [0.4, 0.5) is 4.79 Å². The standard InChI is InChI=1S/C12H22N2O2/c1-8-10-6-5-9(13-10)7-14(8)11(15)16-12(2,3)4/h8-10,13H,5-7H2,1-4H3/t8?,9-,10+/m1/s1. The highest BCUT2D eigenvalue weighted by molar-refractivity contribution is 5.69. The van der Waals surface area contributed by atoms with E-state index in [0.29, 0.717) is 12.1 Å². The van der Waals surface area contributed by atoms with Crippen molar-refractivity contribution in [1.82, 2.24) is 10.2 Å². The number of carbonyl (C=O) groups is 1. The Morgan fingerprint density at radius 2 is 2.06 bits per heavy atom. The fourth-order valence-electron chi connectivity index (χ4n) is 2.56. The summed E-state index contributed by atoms with van der Waals surface area (Å²) >= 11 is 0. The van der Waals surface area contributed by atoms with Gasteiger partial charge in [0, 0.05) is 24.7 Å². The molecule has 2 bridgehead atoms. The summed E-state index contributed by atoms with van der Waals surface area (Å²) < 4.78 is 5.43. The van der Waals surface area contributed by atoms with Crippen LogP contribution in [0.3, 0.4) is 0 Å². The molecule has 1 amide bonds. The first kappa shape index (κ1) is 11.7. The average Bonchev–Trinajstić information content (AvgIpc) is 2.53. The van der Waals surface area contributed by atoms with Crippen LogP contribution < -0.4 is 5.32 Å². The molecule has 0 radical (unpaired) electrons. The number of fused-ring (bicyclic) bond motifs is 2. The predicted octanol–water partition coefficient (Wildman–Crippen LogP) is 1.75. The molecule has 3 atom stereocenters. The minimum atomic E-state index is -0.402. The Kier molecular flexibility index (Phi) is 2.86.